The lowest BCUT2D eigenvalue weighted by Gasteiger charge is -2.49. The van der Waals surface area contributed by atoms with Crippen LogP contribution in [0.1, 0.15) is 56.4 Å². The summed E-state index contributed by atoms with van der Waals surface area (Å²) in [6, 6.07) is 42.5. The smallest absolute Gasteiger partial charge is 0.366 e. The van der Waals surface area contributed by atoms with E-state index in [1.54, 1.807) is 48.5 Å². The van der Waals surface area contributed by atoms with Crippen molar-refractivity contribution in [3.05, 3.63) is 168 Å². The Labute approximate surface area is 475 Å². The molecule has 0 spiro atoms. The number of nitrogens with one attached hydrogen (secondary N) is 1. The van der Waals surface area contributed by atoms with Gasteiger partial charge < -0.3 is 71.6 Å². The van der Waals surface area contributed by atoms with Crippen molar-refractivity contribution in [3.8, 4) is 11.5 Å². The molecule has 2 aliphatic heterocycles. The Kier molecular flexibility index (Phi) is 23.3. The highest BCUT2D eigenvalue weighted by molar-refractivity contribution is 5.80. The molecule has 1 N–H and O–H groups in total. The second-order valence-electron chi connectivity index (χ2n) is 19.2. The van der Waals surface area contributed by atoms with E-state index in [1.165, 1.54) is 7.11 Å². The number of rotatable bonds is 28. The van der Waals surface area contributed by atoms with Crippen LogP contribution in [0.5, 0.6) is 11.5 Å². The van der Waals surface area contributed by atoms with Crippen molar-refractivity contribution in [2.24, 2.45) is 0 Å². The maximum Gasteiger partial charge on any atom is 0.366 e. The standard InChI is InChI=1S/C61H69NO20/c1-39(63)72-36-50(78-41(3)65)55(79-42(4)66)56-53(62-52(67)38-71-32-43-19-11-7-12-20-43)49(77-40(2)64)31-61(82-56,60(68)70-6)76-37-51-54(73-33-44-21-13-8-14-22-44)57(74-34-45-23-15-9-16-24-45)58(75-35-46-25-17-10-18-26-46)59(81-51)80-48-29-27-47(69-5)28-30-48/h7-30,49-51,53-59H,31-38H2,1-6H3,(H,62,67)/t49-,50+,51+,53+,54+,55+,56+,57-,58+,59+,61-/m0/s1. The van der Waals surface area contributed by atoms with Gasteiger partial charge in [-0.1, -0.05) is 121 Å². The van der Waals surface area contributed by atoms with Gasteiger partial charge in [0.1, 0.15) is 61.3 Å². The van der Waals surface area contributed by atoms with E-state index in [9.17, 15) is 28.8 Å². The van der Waals surface area contributed by atoms with Crippen LogP contribution in [0.4, 0.5) is 0 Å². The lowest BCUT2D eigenvalue weighted by atomic mass is 9.87. The Morgan fingerprint density at radius 3 is 1.61 bits per heavy atom. The minimum atomic E-state index is -2.66. The summed E-state index contributed by atoms with van der Waals surface area (Å²) >= 11 is 0. The first-order valence-electron chi connectivity index (χ1n) is 26.5. The number of carbonyl (C=O) groups excluding carboxylic acids is 6. The van der Waals surface area contributed by atoms with E-state index in [2.05, 4.69) is 5.32 Å². The Balaban J connectivity index is 1.33. The van der Waals surface area contributed by atoms with Crippen LogP contribution in [-0.2, 0) is 112 Å². The van der Waals surface area contributed by atoms with E-state index in [4.69, 9.17) is 66.3 Å². The summed E-state index contributed by atoms with van der Waals surface area (Å²) in [5.41, 5.74) is 3.18. The maximum absolute atomic E-state index is 14.8. The highest BCUT2D eigenvalue weighted by atomic mass is 16.8. The number of amides is 1. The Hall–Kier alpha value is -7.76. The molecule has 2 aliphatic rings. The van der Waals surface area contributed by atoms with Crippen LogP contribution < -0.4 is 14.8 Å². The van der Waals surface area contributed by atoms with Gasteiger partial charge in [0.2, 0.25) is 12.2 Å². The van der Waals surface area contributed by atoms with Gasteiger partial charge in [-0.25, -0.2) is 4.79 Å². The highest BCUT2D eigenvalue weighted by Gasteiger charge is 2.60. The molecule has 11 atom stereocenters. The third kappa shape index (κ3) is 18.1. The molecular weight excluding hydrogens is 1070 g/mol. The molecule has 438 valence electrons. The van der Waals surface area contributed by atoms with E-state index >= 15 is 0 Å². The van der Waals surface area contributed by atoms with Gasteiger partial charge >= 0.3 is 29.8 Å². The molecule has 5 aromatic carbocycles. The Bertz CT molecular complexity index is 2810. The third-order valence-electron chi connectivity index (χ3n) is 13.0. The van der Waals surface area contributed by atoms with Gasteiger partial charge in [0.15, 0.2) is 12.2 Å². The van der Waals surface area contributed by atoms with Crippen molar-refractivity contribution in [3.63, 3.8) is 0 Å². The van der Waals surface area contributed by atoms with E-state index in [1.807, 2.05) is 97.1 Å². The third-order valence-corrected chi connectivity index (χ3v) is 13.0. The predicted octanol–water partition coefficient (Wildman–Crippen LogP) is 6.29. The van der Waals surface area contributed by atoms with Crippen molar-refractivity contribution >= 4 is 35.8 Å². The van der Waals surface area contributed by atoms with Crippen LogP contribution in [-0.4, -0.2) is 137 Å². The summed E-state index contributed by atoms with van der Waals surface area (Å²) < 4.78 is 86.9. The van der Waals surface area contributed by atoms with E-state index < -0.39 is 129 Å². The zero-order chi connectivity index (χ0) is 58.4. The number of carbonyl (C=O) groups is 6. The molecule has 5 aromatic rings. The molecule has 0 bridgehead atoms. The van der Waals surface area contributed by atoms with Crippen molar-refractivity contribution in [1.29, 1.82) is 0 Å². The van der Waals surface area contributed by atoms with Crippen LogP contribution in [0.15, 0.2) is 146 Å². The molecule has 21 heteroatoms. The Morgan fingerprint density at radius 2 is 1.11 bits per heavy atom. The number of methoxy groups -OCH3 is 2. The SMILES string of the molecule is COC(=O)[C@]1(OC[C@H]2O[C@@H](Oc3ccc(OC)cc3)[C@H](OCc3ccccc3)[C@@H](OCc3ccccc3)[C@@H]2OCc2ccccc2)C[C@H](OC(C)=O)[C@@H](NC(=O)COCc2ccccc2)[C@H]([C@H](OC(C)=O)[C@@H](COC(C)=O)OC(C)=O)O1. The molecule has 7 rings (SSSR count). The largest absolute Gasteiger partial charge is 0.497 e. The monoisotopic (exact) mass is 1140 g/mol. The molecule has 0 radical (unpaired) electrons. The van der Waals surface area contributed by atoms with Crippen molar-refractivity contribution < 1.29 is 95.1 Å². The first-order chi connectivity index (χ1) is 39.6. The van der Waals surface area contributed by atoms with Gasteiger partial charge in [0, 0.05) is 27.7 Å². The molecular formula is C61H69NO20. The average molecular weight is 1140 g/mol. The second-order valence-corrected chi connectivity index (χ2v) is 19.2. The molecule has 0 aliphatic carbocycles. The molecule has 2 heterocycles. The molecule has 2 fully saturated rings. The van der Waals surface area contributed by atoms with Gasteiger partial charge in [-0.3, -0.25) is 24.0 Å². The predicted molar refractivity (Wildman–Crippen MR) is 289 cm³/mol. The van der Waals surface area contributed by atoms with Crippen molar-refractivity contribution in [1.82, 2.24) is 5.32 Å². The summed E-state index contributed by atoms with van der Waals surface area (Å²) in [5, 5.41) is 2.76. The van der Waals surface area contributed by atoms with E-state index in [0.29, 0.717) is 11.5 Å². The highest BCUT2D eigenvalue weighted by Crippen LogP contribution is 2.39. The van der Waals surface area contributed by atoms with Gasteiger partial charge in [-0.2, -0.15) is 0 Å². The lowest BCUT2D eigenvalue weighted by molar-refractivity contribution is -0.342. The Morgan fingerprint density at radius 1 is 0.598 bits per heavy atom. The maximum atomic E-state index is 14.8. The first-order valence-corrected chi connectivity index (χ1v) is 26.5. The number of hydrogen-bond acceptors (Lipinski definition) is 20. The first kappa shape index (κ1) is 61.9. The zero-order valence-electron chi connectivity index (χ0n) is 46.5. The van der Waals surface area contributed by atoms with Gasteiger partial charge in [0.05, 0.1) is 59.7 Å². The van der Waals surface area contributed by atoms with E-state index in [-0.39, 0.29) is 26.4 Å². The van der Waals surface area contributed by atoms with Crippen LogP contribution >= 0.6 is 0 Å². The summed E-state index contributed by atoms with van der Waals surface area (Å²) in [6.45, 7) is 2.60. The van der Waals surface area contributed by atoms with Gasteiger partial charge in [0.25, 0.3) is 5.79 Å². The number of benzene rings is 5. The fourth-order valence-corrected chi connectivity index (χ4v) is 9.36. The summed E-state index contributed by atoms with van der Waals surface area (Å²) in [7, 11) is 2.59. The second kappa shape index (κ2) is 30.9. The number of esters is 5. The minimum Gasteiger partial charge on any atom is -0.497 e. The van der Waals surface area contributed by atoms with Crippen molar-refractivity contribution in [2.75, 3.05) is 34.0 Å². The number of hydrogen-bond donors (Lipinski definition) is 1. The van der Waals surface area contributed by atoms with Crippen LogP contribution in [0.25, 0.3) is 0 Å². The quantitative estimate of drug-likeness (QED) is 0.0427. The van der Waals surface area contributed by atoms with Gasteiger partial charge in [-0.15, -0.1) is 0 Å². The van der Waals surface area contributed by atoms with Crippen LogP contribution in [0.3, 0.4) is 0 Å². The fraction of sp³-hybridized carbons (Fsp3) is 0.410. The molecule has 0 aromatic heterocycles. The average Bonchev–Trinajstić information content (AvgIpc) is 3.53. The zero-order valence-corrected chi connectivity index (χ0v) is 46.5. The van der Waals surface area contributed by atoms with E-state index in [0.717, 1.165) is 57.1 Å². The van der Waals surface area contributed by atoms with Crippen LogP contribution in [0.2, 0.25) is 0 Å². The molecule has 82 heavy (non-hydrogen) atoms. The summed E-state index contributed by atoms with van der Waals surface area (Å²) in [5.74, 6) is -7.28. The van der Waals surface area contributed by atoms with Crippen molar-refractivity contribution in [2.45, 2.75) is 127 Å². The lowest BCUT2D eigenvalue weighted by Crippen LogP contribution is -2.70. The topological polar surface area (TPSA) is 244 Å². The molecule has 1 amide bonds. The summed E-state index contributed by atoms with van der Waals surface area (Å²) in [6.07, 6.45) is -13.4. The summed E-state index contributed by atoms with van der Waals surface area (Å²) in [4.78, 5) is 80.3. The molecule has 2 saturated heterocycles. The minimum absolute atomic E-state index is 0.0155. The molecule has 0 unspecified atom stereocenters. The molecule has 0 saturated carbocycles. The van der Waals surface area contributed by atoms with Gasteiger partial charge in [-0.05, 0) is 46.5 Å². The normalized spacial score (nSPS) is 23.0. The van der Waals surface area contributed by atoms with Crippen LogP contribution in [0, 0.1) is 0 Å². The molecule has 21 nitrogen and oxygen atoms in total. The number of ether oxygens (including phenoxy) is 14. The fourth-order valence-electron chi connectivity index (χ4n) is 9.36.